The predicted octanol–water partition coefficient (Wildman–Crippen LogP) is 6.04. The topological polar surface area (TPSA) is 76.0 Å². The molecule has 0 bridgehead atoms. The standard InChI is InChI=1S/C24H27ClO5/c25-20-13-8-6-11-18(20)24-29-16-17(10-4-2-1-3-5-15-22(27)28)23(30-24)19-12-7-9-14-21(19)26/h2,4,6-9,11-14,17,23-24,26H,1,3,5,10,15-16H2,(H,27,28)/b4-2-/t17-,23+,24+/m1/s1. The summed E-state index contributed by atoms with van der Waals surface area (Å²) >= 11 is 6.33. The summed E-state index contributed by atoms with van der Waals surface area (Å²) in [7, 11) is 0. The van der Waals surface area contributed by atoms with Crippen molar-refractivity contribution in [2.45, 2.75) is 44.5 Å². The van der Waals surface area contributed by atoms with Crippen molar-refractivity contribution in [3.63, 3.8) is 0 Å². The molecule has 3 rings (SSSR count). The third kappa shape index (κ3) is 6.08. The van der Waals surface area contributed by atoms with Gasteiger partial charge in [-0.2, -0.15) is 0 Å². The Kier molecular flexibility index (Phi) is 8.31. The molecule has 6 heteroatoms. The number of hydrogen-bond acceptors (Lipinski definition) is 4. The van der Waals surface area contributed by atoms with Crippen LogP contribution in [0.5, 0.6) is 5.75 Å². The first-order valence-electron chi connectivity index (χ1n) is 10.2. The number of unbranched alkanes of at least 4 members (excludes halogenated alkanes) is 2. The number of carbonyl (C=O) groups is 1. The number of phenolic OH excluding ortho intramolecular Hbond substituents is 1. The fourth-order valence-electron chi connectivity index (χ4n) is 3.59. The fraction of sp³-hybridized carbons (Fsp3) is 0.375. The van der Waals surface area contributed by atoms with E-state index in [1.807, 2.05) is 30.3 Å². The number of halogens is 1. The summed E-state index contributed by atoms with van der Waals surface area (Å²) in [4.78, 5) is 10.6. The van der Waals surface area contributed by atoms with E-state index in [0.29, 0.717) is 18.1 Å². The molecule has 3 atom stereocenters. The molecule has 0 radical (unpaired) electrons. The van der Waals surface area contributed by atoms with Gasteiger partial charge in [0.25, 0.3) is 0 Å². The number of rotatable bonds is 9. The number of aliphatic carboxylic acids is 1. The van der Waals surface area contributed by atoms with E-state index in [1.165, 1.54) is 0 Å². The van der Waals surface area contributed by atoms with Crippen LogP contribution in [0.2, 0.25) is 5.02 Å². The van der Waals surface area contributed by atoms with Crippen LogP contribution in [0.4, 0.5) is 0 Å². The van der Waals surface area contributed by atoms with Crippen molar-refractivity contribution in [1.82, 2.24) is 0 Å². The van der Waals surface area contributed by atoms with Gasteiger partial charge in [-0.3, -0.25) is 4.79 Å². The van der Waals surface area contributed by atoms with E-state index in [4.69, 9.17) is 26.2 Å². The van der Waals surface area contributed by atoms with Gasteiger partial charge in [-0.1, -0.05) is 60.2 Å². The number of hydrogen-bond donors (Lipinski definition) is 2. The molecule has 0 aromatic heterocycles. The molecule has 2 aromatic carbocycles. The molecule has 1 saturated heterocycles. The molecule has 0 spiro atoms. The summed E-state index contributed by atoms with van der Waals surface area (Å²) in [5.41, 5.74) is 1.50. The highest BCUT2D eigenvalue weighted by Crippen LogP contribution is 2.43. The van der Waals surface area contributed by atoms with Crippen LogP contribution in [0.3, 0.4) is 0 Å². The minimum Gasteiger partial charge on any atom is -0.508 e. The quantitative estimate of drug-likeness (QED) is 0.374. The lowest BCUT2D eigenvalue weighted by atomic mass is 9.91. The van der Waals surface area contributed by atoms with Crippen molar-refractivity contribution in [1.29, 1.82) is 0 Å². The van der Waals surface area contributed by atoms with Gasteiger partial charge in [-0.25, -0.2) is 0 Å². The first-order valence-corrected chi connectivity index (χ1v) is 10.6. The summed E-state index contributed by atoms with van der Waals surface area (Å²) in [5, 5.41) is 19.7. The van der Waals surface area contributed by atoms with Crippen molar-refractivity contribution in [2.24, 2.45) is 5.92 Å². The molecular formula is C24H27ClO5. The maximum atomic E-state index is 10.6. The molecular weight excluding hydrogens is 404 g/mol. The third-order valence-electron chi connectivity index (χ3n) is 5.18. The van der Waals surface area contributed by atoms with Crippen molar-refractivity contribution in [2.75, 3.05) is 6.61 Å². The van der Waals surface area contributed by atoms with E-state index >= 15 is 0 Å². The van der Waals surface area contributed by atoms with E-state index in [9.17, 15) is 9.90 Å². The van der Waals surface area contributed by atoms with Gasteiger partial charge < -0.3 is 19.7 Å². The number of para-hydroxylation sites is 1. The van der Waals surface area contributed by atoms with Crippen LogP contribution in [0.25, 0.3) is 0 Å². The zero-order valence-corrected chi connectivity index (χ0v) is 17.5. The van der Waals surface area contributed by atoms with E-state index < -0.39 is 12.3 Å². The van der Waals surface area contributed by atoms with Crippen molar-refractivity contribution < 1.29 is 24.5 Å². The van der Waals surface area contributed by atoms with E-state index in [-0.39, 0.29) is 24.2 Å². The molecule has 1 aliphatic heterocycles. The van der Waals surface area contributed by atoms with Crippen LogP contribution < -0.4 is 0 Å². The highest BCUT2D eigenvalue weighted by molar-refractivity contribution is 6.31. The Morgan fingerprint density at radius 1 is 1.07 bits per heavy atom. The molecule has 2 aromatic rings. The number of allylic oxidation sites excluding steroid dienone is 2. The Hall–Kier alpha value is -2.34. The zero-order chi connectivity index (χ0) is 21.3. The number of carboxylic acids is 1. The lowest BCUT2D eigenvalue weighted by molar-refractivity contribution is -0.244. The van der Waals surface area contributed by atoms with Crippen LogP contribution in [0.1, 0.15) is 55.6 Å². The normalized spacial score (nSPS) is 21.7. The number of aromatic hydroxyl groups is 1. The van der Waals surface area contributed by atoms with Gasteiger partial charge in [-0.15, -0.1) is 0 Å². The summed E-state index contributed by atoms with van der Waals surface area (Å²) in [6.07, 6.45) is 6.52. The monoisotopic (exact) mass is 430 g/mol. The number of ether oxygens (including phenoxy) is 2. The van der Waals surface area contributed by atoms with Gasteiger partial charge in [0.15, 0.2) is 6.29 Å². The van der Waals surface area contributed by atoms with Gasteiger partial charge in [0.05, 0.1) is 12.7 Å². The Balaban J connectivity index is 1.67. The smallest absolute Gasteiger partial charge is 0.303 e. The van der Waals surface area contributed by atoms with Crippen LogP contribution in [-0.2, 0) is 14.3 Å². The van der Waals surface area contributed by atoms with Gasteiger partial charge in [0, 0.05) is 28.5 Å². The van der Waals surface area contributed by atoms with Crippen LogP contribution in [-0.4, -0.2) is 22.8 Å². The van der Waals surface area contributed by atoms with Crippen molar-refractivity contribution in [3.8, 4) is 5.75 Å². The van der Waals surface area contributed by atoms with Gasteiger partial charge >= 0.3 is 5.97 Å². The molecule has 160 valence electrons. The Morgan fingerprint density at radius 3 is 2.53 bits per heavy atom. The van der Waals surface area contributed by atoms with E-state index in [2.05, 4.69) is 12.2 Å². The highest BCUT2D eigenvalue weighted by atomic mass is 35.5. The maximum absolute atomic E-state index is 10.6. The second kappa shape index (κ2) is 11.2. The molecule has 30 heavy (non-hydrogen) atoms. The SMILES string of the molecule is O=C(O)CCCC/C=C\C[C@@H]1CO[C@H](c2ccccc2Cl)O[C@@H]1c1ccccc1O. The molecule has 1 aliphatic rings. The predicted molar refractivity (Wildman–Crippen MR) is 115 cm³/mol. The number of phenols is 1. The lowest BCUT2D eigenvalue weighted by Gasteiger charge is -2.37. The maximum Gasteiger partial charge on any atom is 0.303 e. The molecule has 1 fully saturated rings. The van der Waals surface area contributed by atoms with Crippen LogP contribution in [0, 0.1) is 5.92 Å². The highest BCUT2D eigenvalue weighted by Gasteiger charge is 2.35. The van der Waals surface area contributed by atoms with E-state index in [1.54, 1.807) is 18.2 Å². The largest absolute Gasteiger partial charge is 0.508 e. The summed E-state index contributed by atoms with van der Waals surface area (Å²) < 4.78 is 12.3. The average Bonchev–Trinajstić information content (AvgIpc) is 2.74. The second-order valence-corrected chi connectivity index (χ2v) is 7.82. The van der Waals surface area contributed by atoms with Crippen LogP contribution >= 0.6 is 11.6 Å². The molecule has 0 amide bonds. The third-order valence-corrected chi connectivity index (χ3v) is 5.52. The Bertz CT molecular complexity index is 866. The molecule has 5 nitrogen and oxygen atoms in total. The minimum absolute atomic E-state index is 0.0345. The number of benzene rings is 2. The zero-order valence-electron chi connectivity index (χ0n) is 16.7. The van der Waals surface area contributed by atoms with Gasteiger partial charge in [0.2, 0.25) is 0 Å². The fourth-order valence-corrected chi connectivity index (χ4v) is 3.81. The van der Waals surface area contributed by atoms with Crippen LogP contribution in [0.15, 0.2) is 60.7 Å². The first-order chi connectivity index (χ1) is 14.6. The number of carboxylic acid groups (broad SMARTS) is 1. The molecule has 0 unspecified atom stereocenters. The van der Waals surface area contributed by atoms with Crippen molar-refractivity contribution >= 4 is 17.6 Å². The van der Waals surface area contributed by atoms with Gasteiger partial charge in [-0.05, 0) is 37.8 Å². The first kappa shape index (κ1) is 22.3. The molecule has 0 saturated carbocycles. The summed E-state index contributed by atoms with van der Waals surface area (Å²) in [6, 6.07) is 14.6. The second-order valence-electron chi connectivity index (χ2n) is 7.41. The molecule has 2 N–H and O–H groups in total. The van der Waals surface area contributed by atoms with Gasteiger partial charge in [0.1, 0.15) is 5.75 Å². The van der Waals surface area contributed by atoms with E-state index in [0.717, 1.165) is 30.4 Å². The lowest BCUT2D eigenvalue weighted by Crippen LogP contribution is -2.30. The Morgan fingerprint density at radius 2 is 1.80 bits per heavy atom. The average molecular weight is 431 g/mol. The summed E-state index contributed by atoms with van der Waals surface area (Å²) in [6.45, 7) is 0.470. The molecule has 1 heterocycles. The van der Waals surface area contributed by atoms with Crippen molar-refractivity contribution in [3.05, 3.63) is 76.8 Å². The minimum atomic E-state index is -0.755. The molecule has 0 aliphatic carbocycles. The Labute approximate surface area is 181 Å². The summed E-state index contributed by atoms with van der Waals surface area (Å²) in [5.74, 6) is -0.522.